The molecule has 1 aliphatic rings. The Morgan fingerprint density at radius 3 is 2.69 bits per heavy atom. The van der Waals surface area contributed by atoms with E-state index in [-0.39, 0.29) is 34.7 Å². The maximum atomic E-state index is 13.5. The van der Waals surface area contributed by atoms with Crippen LogP contribution in [0.15, 0.2) is 29.3 Å². The zero-order valence-electron chi connectivity index (χ0n) is 15.6. The van der Waals surface area contributed by atoms with Crippen LogP contribution in [-0.4, -0.2) is 36.1 Å². The van der Waals surface area contributed by atoms with Crippen molar-refractivity contribution in [2.45, 2.75) is 43.2 Å². The van der Waals surface area contributed by atoms with Crippen LogP contribution in [0.2, 0.25) is 0 Å². The molecule has 0 fully saturated rings. The third-order valence-electron chi connectivity index (χ3n) is 4.83. The molecule has 158 valence electrons. The summed E-state index contributed by atoms with van der Waals surface area (Å²) in [6.07, 6.45) is -2.22. The van der Waals surface area contributed by atoms with Crippen LogP contribution in [0.25, 0.3) is 0 Å². The van der Waals surface area contributed by atoms with Gasteiger partial charge in [0.15, 0.2) is 0 Å². The molecule has 2 atom stereocenters. The second-order valence-electron chi connectivity index (χ2n) is 6.93. The van der Waals surface area contributed by atoms with Gasteiger partial charge in [-0.3, -0.25) is 4.79 Å². The first-order chi connectivity index (χ1) is 13.5. The lowest BCUT2D eigenvalue weighted by Gasteiger charge is -2.18. The summed E-state index contributed by atoms with van der Waals surface area (Å²) in [4.78, 5) is 12.7. The highest BCUT2D eigenvalue weighted by molar-refractivity contribution is 7.89. The standard InChI is InChI=1S/C18H20F3N3O4S/c1-9(25)14-6-4-11-15(29(27,28)23-14)8-24(2)16(11)18(26)22-10-3-5-13(19)12(7-10)17(20)21/h3,5,7-9,14,17,23,25H,4,6H2,1-2H3,(H,22,26)/t9-,14+/m0/s1. The molecule has 0 saturated carbocycles. The lowest BCUT2D eigenvalue weighted by atomic mass is 10.0. The van der Waals surface area contributed by atoms with Crippen LogP contribution in [0.3, 0.4) is 0 Å². The fourth-order valence-corrected chi connectivity index (χ4v) is 5.02. The molecule has 7 nitrogen and oxygen atoms in total. The van der Waals surface area contributed by atoms with Crippen LogP contribution in [0.5, 0.6) is 0 Å². The fraction of sp³-hybridized carbons (Fsp3) is 0.389. The number of benzene rings is 1. The minimum absolute atomic E-state index is 0.0412. The zero-order chi connectivity index (χ0) is 21.5. The van der Waals surface area contributed by atoms with Gasteiger partial charge in [-0.2, -0.15) is 0 Å². The number of halogens is 3. The van der Waals surface area contributed by atoms with Crippen molar-refractivity contribution in [1.82, 2.24) is 9.29 Å². The van der Waals surface area contributed by atoms with Crippen LogP contribution < -0.4 is 10.0 Å². The van der Waals surface area contributed by atoms with Gasteiger partial charge in [0.25, 0.3) is 12.3 Å². The lowest BCUT2D eigenvalue weighted by Crippen LogP contribution is -2.40. The predicted octanol–water partition coefficient (Wildman–Crippen LogP) is 2.33. The van der Waals surface area contributed by atoms with Crippen molar-refractivity contribution in [3.05, 3.63) is 47.0 Å². The van der Waals surface area contributed by atoms with Crippen LogP contribution in [0, 0.1) is 5.82 Å². The maximum Gasteiger partial charge on any atom is 0.272 e. The Kier molecular flexibility index (Phi) is 5.74. The van der Waals surface area contributed by atoms with Gasteiger partial charge >= 0.3 is 0 Å². The van der Waals surface area contributed by atoms with E-state index in [1.54, 1.807) is 0 Å². The molecular formula is C18H20F3N3O4S. The molecule has 0 aliphatic carbocycles. The number of sulfonamides is 1. The van der Waals surface area contributed by atoms with E-state index in [0.717, 1.165) is 18.2 Å². The number of nitrogens with zero attached hydrogens (tertiary/aromatic N) is 1. The van der Waals surface area contributed by atoms with Gasteiger partial charge in [-0.05, 0) is 38.0 Å². The summed E-state index contributed by atoms with van der Waals surface area (Å²) in [6.45, 7) is 1.46. The number of anilines is 1. The van der Waals surface area contributed by atoms with Crippen molar-refractivity contribution in [1.29, 1.82) is 0 Å². The average Bonchev–Trinajstić information content (AvgIpc) is 2.90. The molecule has 2 heterocycles. The molecule has 0 spiro atoms. The highest BCUT2D eigenvalue weighted by Crippen LogP contribution is 2.29. The number of hydrogen-bond donors (Lipinski definition) is 3. The number of carbonyl (C=O) groups is 1. The minimum atomic E-state index is -3.96. The lowest BCUT2D eigenvalue weighted by molar-refractivity contribution is 0.101. The quantitative estimate of drug-likeness (QED) is 0.692. The van der Waals surface area contributed by atoms with E-state index in [4.69, 9.17) is 0 Å². The van der Waals surface area contributed by atoms with Gasteiger partial charge in [-0.1, -0.05) is 0 Å². The highest BCUT2D eigenvalue weighted by atomic mass is 32.2. The second-order valence-corrected chi connectivity index (χ2v) is 8.61. The first-order valence-electron chi connectivity index (χ1n) is 8.78. The average molecular weight is 431 g/mol. The number of aryl methyl sites for hydroxylation is 1. The molecule has 1 aliphatic heterocycles. The zero-order valence-corrected chi connectivity index (χ0v) is 16.4. The Balaban J connectivity index is 1.96. The van der Waals surface area contributed by atoms with Crippen molar-refractivity contribution >= 4 is 21.6 Å². The summed E-state index contributed by atoms with van der Waals surface area (Å²) in [5.74, 6) is -1.81. The Morgan fingerprint density at radius 1 is 1.38 bits per heavy atom. The van der Waals surface area contributed by atoms with E-state index < -0.39 is 45.9 Å². The number of alkyl halides is 2. The largest absolute Gasteiger partial charge is 0.392 e. The minimum Gasteiger partial charge on any atom is -0.392 e. The molecule has 3 rings (SSSR count). The SMILES string of the molecule is C[C@H](O)[C@H]1CCc2c(cn(C)c2C(=O)Nc2ccc(F)c(C(F)F)c2)S(=O)(=O)N1. The van der Waals surface area contributed by atoms with Crippen molar-refractivity contribution in [3.8, 4) is 0 Å². The van der Waals surface area contributed by atoms with Gasteiger partial charge in [0.05, 0.1) is 11.7 Å². The normalized spacial score (nSPS) is 19.5. The molecule has 1 aromatic carbocycles. The third kappa shape index (κ3) is 4.16. The number of fused-ring (bicyclic) bond motifs is 1. The summed E-state index contributed by atoms with van der Waals surface area (Å²) in [6, 6.07) is 2.09. The van der Waals surface area contributed by atoms with Crippen LogP contribution in [0.1, 0.15) is 41.4 Å². The Morgan fingerprint density at radius 2 is 2.07 bits per heavy atom. The smallest absolute Gasteiger partial charge is 0.272 e. The molecule has 11 heteroatoms. The molecule has 0 bridgehead atoms. The first kappa shape index (κ1) is 21.3. The number of carbonyl (C=O) groups excluding carboxylic acids is 1. The second kappa shape index (κ2) is 7.81. The van der Waals surface area contributed by atoms with Gasteiger partial charge in [-0.25, -0.2) is 26.3 Å². The van der Waals surface area contributed by atoms with E-state index in [1.807, 2.05) is 0 Å². The molecule has 2 aromatic rings. The molecular weight excluding hydrogens is 411 g/mol. The molecule has 29 heavy (non-hydrogen) atoms. The van der Waals surface area contributed by atoms with Crippen LogP contribution in [-0.2, 0) is 23.5 Å². The summed E-state index contributed by atoms with van der Waals surface area (Å²) < 4.78 is 68.2. The van der Waals surface area contributed by atoms with E-state index in [0.29, 0.717) is 0 Å². The van der Waals surface area contributed by atoms with Crippen LogP contribution >= 0.6 is 0 Å². The number of aliphatic hydroxyl groups excluding tert-OH is 1. The number of nitrogens with one attached hydrogen (secondary N) is 2. The van der Waals surface area contributed by atoms with E-state index in [2.05, 4.69) is 10.0 Å². The summed E-state index contributed by atoms with van der Waals surface area (Å²) in [7, 11) is -2.48. The molecule has 1 amide bonds. The molecule has 1 aromatic heterocycles. The Hall–Kier alpha value is -2.37. The number of aromatic nitrogens is 1. The Labute approximate surface area is 165 Å². The van der Waals surface area contributed by atoms with Gasteiger partial charge in [0.1, 0.15) is 16.4 Å². The fourth-order valence-electron chi connectivity index (χ4n) is 3.36. The number of amides is 1. The van der Waals surface area contributed by atoms with Crippen molar-refractivity contribution in [2.75, 3.05) is 5.32 Å². The topological polar surface area (TPSA) is 100 Å². The van der Waals surface area contributed by atoms with E-state index in [1.165, 1.54) is 24.7 Å². The number of rotatable bonds is 4. The van der Waals surface area contributed by atoms with Gasteiger partial charge < -0.3 is 15.0 Å². The van der Waals surface area contributed by atoms with Gasteiger partial charge in [0, 0.05) is 30.5 Å². The summed E-state index contributed by atoms with van der Waals surface area (Å²) in [5.41, 5.74) is -0.588. The third-order valence-corrected chi connectivity index (χ3v) is 6.38. The van der Waals surface area contributed by atoms with Crippen molar-refractivity contribution in [2.24, 2.45) is 7.05 Å². The van der Waals surface area contributed by atoms with Gasteiger partial charge in [0.2, 0.25) is 10.0 Å². The molecule has 3 N–H and O–H groups in total. The number of aliphatic hydroxyl groups is 1. The molecule has 0 radical (unpaired) electrons. The van der Waals surface area contributed by atoms with Crippen molar-refractivity contribution < 1.29 is 31.5 Å². The van der Waals surface area contributed by atoms with E-state index in [9.17, 15) is 31.5 Å². The van der Waals surface area contributed by atoms with Gasteiger partial charge in [-0.15, -0.1) is 0 Å². The molecule has 0 saturated heterocycles. The summed E-state index contributed by atoms with van der Waals surface area (Å²) >= 11 is 0. The van der Waals surface area contributed by atoms with Crippen molar-refractivity contribution in [3.63, 3.8) is 0 Å². The first-order valence-corrected chi connectivity index (χ1v) is 10.3. The van der Waals surface area contributed by atoms with E-state index >= 15 is 0 Å². The highest BCUT2D eigenvalue weighted by Gasteiger charge is 2.34. The number of hydrogen-bond acceptors (Lipinski definition) is 4. The monoisotopic (exact) mass is 431 g/mol. The Bertz CT molecular complexity index is 1050. The maximum absolute atomic E-state index is 13.5. The summed E-state index contributed by atoms with van der Waals surface area (Å²) in [5, 5.41) is 12.2. The molecule has 0 unspecified atom stereocenters. The van der Waals surface area contributed by atoms with Crippen LogP contribution in [0.4, 0.5) is 18.9 Å². The predicted molar refractivity (Wildman–Crippen MR) is 98.8 cm³/mol.